The van der Waals surface area contributed by atoms with Gasteiger partial charge in [-0.1, -0.05) is 11.2 Å². The molecule has 1 aliphatic heterocycles. The van der Waals surface area contributed by atoms with Crippen LogP contribution in [0.15, 0.2) is 40.9 Å². The lowest BCUT2D eigenvalue weighted by Gasteiger charge is -2.37. The molecule has 1 atom stereocenters. The standard InChI is InChI=1S/C30H30F2N4O4/c1-16-28(17(2)40-34-16)19-8-13-25-24(14-19)33-29(36(25)20-9-6-18(7-10-20)30(38)39)26-4-3-5-27(37)35(26)21-11-12-22(31)23(32)15-21/h8,11-15,18,20,26H,3-7,9-10H2,1-2H3,(H,38,39). The third kappa shape index (κ3) is 4.45. The van der Waals surface area contributed by atoms with Crippen molar-refractivity contribution in [1.29, 1.82) is 0 Å². The quantitative estimate of drug-likeness (QED) is 0.299. The largest absolute Gasteiger partial charge is 0.481 e. The van der Waals surface area contributed by atoms with E-state index >= 15 is 0 Å². The van der Waals surface area contributed by atoms with Crippen molar-refractivity contribution in [2.75, 3.05) is 4.90 Å². The lowest BCUT2D eigenvalue weighted by Crippen LogP contribution is -2.40. The fraction of sp³-hybridized carbons (Fsp3) is 0.400. The van der Waals surface area contributed by atoms with Crippen LogP contribution in [0, 0.1) is 31.4 Å². The van der Waals surface area contributed by atoms with Gasteiger partial charge in [0.2, 0.25) is 5.91 Å². The lowest BCUT2D eigenvalue weighted by molar-refractivity contribution is -0.143. The molecule has 2 aliphatic rings. The van der Waals surface area contributed by atoms with Crippen molar-refractivity contribution >= 4 is 28.6 Å². The molecule has 6 rings (SSSR count). The summed E-state index contributed by atoms with van der Waals surface area (Å²) in [5.41, 5.74) is 4.48. The number of hydrogen-bond acceptors (Lipinski definition) is 5. The highest BCUT2D eigenvalue weighted by Crippen LogP contribution is 2.42. The summed E-state index contributed by atoms with van der Waals surface area (Å²) in [6, 6.07) is 9.01. The summed E-state index contributed by atoms with van der Waals surface area (Å²) in [5.74, 6) is -1.95. The second kappa shape index (κ2) is 10.1. The van der Waals surface area contributed by atoms with Crippen LogP contribution in [0.25, 0.3) is 22.2 Å². The molecule has 208 valence electrons. The first-order chi connectivity index (χ1) is 19.2. The van der Waals surface area contributed by atoms with Gasteiger partial charge in [0.15, 0.2) is 11.6 Å². The molecule has 4 aromatic rings. The Balaban J connectivity index is 1.50. The van der Waals surface area contributed by atoms with E-state index in [2.05, 4.69) is 9.72 Å². The molecular formula is C30H30F2N4O4. The number of carbonyl (C=O) groups excluding carboxylic acids is 1. The molecule has 10 heteroatoms. The van der Waals surface area contributed by atoms with Crippen LogP contribution in [-0.2, 0) is 9.59 Å². The second-order valence-corrected chi connectivity index (χ2v) is 10.9. The summed E-state index contributed by atoms with van der Waals surface area (Å²) >= 11 is 0. The van der Waals surface area contributed by atoms with Gasteiger partial charge >= 0.3 is 5.97 Å². The fourth-order valence-corrected chi connectivity index (χ4v) is 6.44. The maximum Gasteiger partial charge on any atom is 0.306 e. The minimum atomic E-state index is -1.01. The number of aliphatic carboxylic acids is 1. The highest BCUT2D eigenvalue weighted by Gasteiger charge is 2.37. The Morgan fingerprint density at radius 1 is 1.02 bits per heavy atom. The number of anilines is 1. The number of imidazole rings is 1. The van der Waals surface area contributed by atoms with Crippen molar-refractivity contribution in [2.24, 2.45) is 5.92 Å². The topological polar surface area (TPSA) is 101 Å². The Labute approximate surface area is 229 Å². The lowest BCUT2D eigenvalue weighted by atomic mass is 9.85. The van der Waals surface area contributed by atoms with Crippen LogP contribution in [0.4, 0.5) is 14.5 Å². The van der Waals surface area contributed by atoms with Gasteiger partial charge < -0.3 is 19.1 Å². The number of aryl methyl sites for hydroxylation is 2. The molecule has 40 heavy (non-hydrogen) atoms. The third-order valence-corrected chi connectivity index (χ3v) is 8.38. The van der Waals surface area contributed by atoms with E-state index in [-0.39, 0.29) is 17.9 Å². The third-order valence-electron chi connectivity index (χ3n) is 8.38. The molecule has 0 spiro atoms. The molecule has 1 amide bonds. The maximum absolute atomic E-state index is 14.3. The predicted octanol–water partition coefficient (Wildman–Crippen LogP) is 6.66. The van der Waals surface area contributed by atoms with Crippen LogP contribution in [0.5, 0.6) is 0 Å². The van der Waals surface area contributed by atoms with Crippen LogP contribution >= 0.6 is 0 Å². The number of hydrogen-bond donors (Lipinski definition) is 1. The minimum absolute atomic E-state index is 0.00986. The molecule has 1 unspecified atom stereocenters. The molecule has 2 fully saturated rings. The molecule has 1 saturated heterocycles. The number of piperidine rings is 1. The summed E-state index contributed by atoms with van der Waals surface area (Å²) in [7, 11) is 0. The molecule has 3 heterocycles. The highest BCUT2D eigenvalue weighted by atomic mass is 19.2. The molecule has 2 aromatic carbocycles. The number of benzene rings is 2. The number of aromatic nitrogens is 3. The molecule has 8 nitrogen and oxygen atoms in total. The number of halogens is 2. The van der Waals surface area contributed by atoms with E-state index in [1.165, 1.54) is 6.07 Å². The smallest absolute Gasteiger partial charge is 0.306 e. The Bertz CT molecular complexity index is 1600. The summed E-state index contributed by atoms with van der Waals surface area (Å²) < 4.78 is 35.6. The number of amides is 1. The normalized spacial score (nSPS) is 21.8. The Kier molecular flexibility index (Phi) is 6.64. The SMILES string of the molecule is Cc1noc(C)c1-c1ccc2c(c1)nc(C1CCCC(=O)N1c1ccc(F)c(F)c1)n2C1CCC(C(=O)O)CC1. The molecule has 2 aromatic heterocycles. The van der Waals surface area contributed by atoms with Gasteiger partial charge in [0.05, 0.1) is 28.7 Å². The van der Waals surface area contributed by atoms with Crippen molar-refractivity contribution in [3.63, 3.8) is 0 Å². The average Bonchev–Trinajstić information content (AvgIpc) is 3.48. The summed E-state index contributed by atoms with van der Waals surface area (Å²) in [4.78, 5) is 31.5. The molecular weight excluding hydrogens is 518 g/mol. The zero-order chi connectivity index (χ0) is 28.1. The zero-order valence-corrected chi connectivity index (χ0v) is 22.4. The number of carboxylic acid groups (broad SMARTS) is 1. The van der Waals surface area contributed by atoms with Gasteiger partial charge in [0.1, 0.15) is 11.6 Å². The van der Waals surface area contributed by atoms with Crippen LogP contribution in [0.3, 0.4) is 0 Å². The van der Waals surface area contributed by atoms with E-state index in [1.807, 2.05) is 32.0 Å². The van der Waals surface area contributed by atoms with Crippen molar-refractivity contribution in [2.45, 2.75) is 70.9 Å². The molecule has 0 bridgehead atoms. The van der Waals surface area contributed by atoms with Crippen molar-refractivity contribution in [1.82, 2.24) is 14.7 Å². The Hall–Kier alpha value is -4.08. The average molecular weight is 549 g/mol. The summed E-state index contributed by atoms with van der Waals surface area (Å²) in [5, 5.41) is 13.6. The summed E-state index contributed by atoms with van der Waals surface area (Å²) in [6.07, 6.45) is 3.97. The van der Waals surface area contributed by atoms with Crippen molar-refractivity contribution < 1.29 is 28.0 Å². The Morgan fingerprint density at radius 2 is 1.80 bits per heavy atom. The summed E-state index contributed by atoms with van der Waals surface area (Å²) in [6.45, 7) is 3.74. The predicted molar refractivity (Wildman–Crippen MR) is 144 cm³/mol. The first kappa shape index (κ1) is 26.2. The van der Waals surface area contributed by atoms with E-state index in [0.29, 0.717) is 62.2 Å². The molecule has 0 radical (unpaired) electrons. The van der Waals surface area contributed by atoms with E-state index in [9.17, 15) is 23.5 Å². The first-order valence-electron chi connectivity index (χ1n) is 13.7. The fourth-order valence-electron chi connectivity index (χ4n) is 6.44. The van der Waals surface area contributed by atoms with Gasteiger partial charge in [-0.05, 0) is 82.2 Å². The molecule has 1 N–H and O–H groups in total. The number of fused-ring (bicyclic) bond motifs is 1. The van der Waals surface area contributed by atoms with E-state index in [0.717, 1.165) is 40.0 Å². The van der Waals surface area contributed by atoms with E-state index in [1.54, 1.807) is 4.90 Å². The van der Waals surface area contributed by atoms with Crippen molar-refractivity contribution in [3.05, 3.63) is 65.3 Å². The van der Waals surface area contributed by atoms with Gasteiger partial charge in [-0.15, -0.1) is 0 Å². The highest BCUT2D eigenvalue weighted by molar-refractivity contribution is 5.95. The number of carboxylic acids is 1. The van der Waals surface area contributed by atoms with Crippen LogP contribution in [0.1, 0.15) is 74.3 Å². The van der Waals surface area contributed by atoms with Crippen LogP contribution < -0.4 is 4.90 Å². The molecule has 1 aliphatic carbocycles. The second-order valence-electron chi connectivity index (χ2n) is 10.9. The van der Waals surface area contributed by atoms with Crippen LogP contribution in [0.2, 0.25) is 0 Å². The number of rotatable bonds is 5. The monoisotopic (exact) mass is 548 g/mol. The van der Waals surface area contributed by atoms with Crippen LogP contribution in [-0.4, -0.2) is 31.7 Å². The van der Waals surface area contributed by atoms with Crippen molar-refractivity contribution in [3.8, 4) is 11.1 Å². The van der Waals surface area contributed by atoms with Gasteiger partial charge in [-0.2, -0.15) is 0 Å². The van der Waals surface area contributed by atoms with Gasteiger partial charge in [-0.3, -0.25) is 9.59 Å². The van der Waals surface area contributed by atoms with E-state index < -0.39 is 23.6 Å². The van der Waals surface area contributed by atoms with Gasteiger partial charge in [0, 0.05) is 29.8 Å². The molecule has 1 saturated carbocycles. The first-order valence-corrected chi connectivity index (χ1v) is 13.7. The number of nitrogens with zero attached hydrogens (tertiary/aromatic N) is 4. The zero-order valence-electron chi connectivity index (χ0n) is 22.4. The van der Waals surface area contributed by atoms with E-state index in [4.69, 9.17) is 9.51 Å². The minimum Gasteiger partial charge on any atom is -0.481 e. The van der Waals surface area contributed by atoms with Gasteiger partial charge in [0.25, 0.3) is 0 Å². The Morgan fingerprint density at radius 3 is 2.48 bits per heavy atom. The maximum atomic E-state index is 14.3. The van der Waals surface area contributed by atoms with Gasteiger partial charge in [-0.25, -0.2) is 13.8 Å². The number of carbonyl (C=O) groups is 2.